The molecule has 1 saturated heterocycles. The van der Waals surface area contributed by atoms with Crippen molar-refractivity contribution in [2.24, 2.45) is 5.84 Å². The van der Waals surface area contributed by atoms with Crippen LogP contribution in [-0.2, 0) is 0 Å². The second kappa shape index (κ2) is 4.94. The lowest BCUT2D eigenvalue weighted by atomic mass is 10.1. The van der Waals surface area contributed by atoms with Crippen LogP contribution in [0.4, 0.5) is 11.8 Å². The fraction of sp³-hybridized carbons (Fsp3) is 0.556. The van der Waals surface area contributed by atoms with Gasteiger partial charge in [-0.1, -0.05) is 0 Å². The molecule has 0 bridgehead atoms. The first-order valence-corrected chi connectivity index (χ1v) is 5.92. The normalized spacial score (nSPS) is 20.9. The third kappa shape index (κ3) is 2.42. The molecular weight excluding hydrogens is 274 g/mol. The van der Waals surface area contributed by atoms with Gasteiger partial charge >= 0.3 is 0 Å². The summed E-state index contributed by atoms with van der Waals surface area (Å²) in [6.07, 6.45) is 3.17. The second-order valence-electron chi connectivity index (χ2n) is 3.75. The fourth-order valence-corrected chi connectivity index (χ4v) is 2.24. The topological polar surface area (TPSA) is 87.3 Å². The van der Waals surface area contributed by atoms with Crippen LogP contribution < -0.4 is 16.2 Å². The van der Waals surface area contributed by atoms with Crippen molar-refractivity contribution < 1.29 is 5.11 Å². The molecule has 7 heteroatoms. The molecule has 2 rings (SSSR count). The summed E-state index contributed by atoms with van der Waals surface area (Å²) in [4.78, 5) is 10.3. The highest BCUT2D eigenvalue weighted by Crippen LogP contribution is 2.26. The second-order valence-corrected chi connectivity index (χ2v) is 4.61. The van der Waals surface area contributed by atoms with Crippen LogP contribution in [0.25, 0.3) is 0 Å². The van der Waals surface area contributed by atoms with Gasteiger partial charge in [-0.2, -0.15) is 4.98 Å². The van der Waals surface area contributed by atoms with Crippen molar-refractivity contribution in [3.8, 4) is 0 Å². The van der Waals surface area contributed by atoms with E-state index in [4.69, 9.17) is 5.84 Å². The highest BCUT2D eigenvalue weighted by molar-refractivity contribution is 9.10. The smallest absolute Gasteiger partial charge is 0.239 e. The monoisotopic (exact) mass is 287 g/mol. The summed E-state index contributed by atoms with van der Waals surface area (Å²) >= 11 is 3.40. The van der Waals surface area contributed by atoms with E-state index in [1.165, 1.54) is 0 Å². The Labute approximate surface area is 102 Å². The minimum absolute atomic E-state index is 0.287. The minimum Gasteiger partial charge on any atom is -0.391 e. The van der Waals surface area contributed by atoms with Crippen LogP contribution in [0.15, 0.2) is 10.7 Å². The SMILES string of the molecule is NNc1ncc(Br)c(N2CCCC(O)C2)n1. The molecule has 16 heavy (non-hydrogen) atoms. The van der Waals surface area contributed by atoms with Gasteiger partial charge in [-0.3, -0.25) is 5.43 Å². The summed E-state index contributed by atoms with van der Waals surface area (Å²) in [7, 11) is 0. The molecular formula is C9H14BrN5O. The van der Waals surface area contributed by atoms with Crippen LogP contribution in [0.2, 0.25) is 0 Å². The molecule has 1 unspecified atom stereocenters. The van der Waals surface area contributed by atoms with Gasteiger partial charge in [0.1, 0.15) is 5.82 Å². The number of aliphatic hydroxyl groups excluding tert-OH is 1. The maximum atomic E-state index is 9.62. The predicted octanol–water partition coefficient (Wildman–Crippen LogP) is 0.486. The van der Waals surface area contributed by atoms with Crippen LogP contribution in [0, 0.1) is 0 Å². The van der Waals surface area contributed by atoms with E-state index in [1.807, 2.05) is 4.90 Å². The molecule has 88 valence electrons. The zero-order chi connectivity index (χ0) is 11.5. The minimum atomic E-state index is -0.287. The van der Waals surface area contributed by atoms with Crippen molar-refractivity contribution in [3.63, 3.8) is 0 Å². The first kappa shape index (κ1) is 11.6. The van der Waals surface area contributed by atoms with Crippen LogP contribution in [-0.4, -0.2) is 34.3 Å². The van der Waals surface area contributed by atoms with Crippen LogP contribution in [0.3, 0.4) is 0 Å². The maximum absolute atomic E-state index is 9.62. The Hall–Kier alpha value is -0.920. The van der Waals surface area contributed by atoms with Crippen molar-refractivity contribution in [2.75, 3.05) is 23.4 Å². The number of hydrogen-bond acceptors (Lipinski definition) is 6. The molecule has 1 aromatic rings. The number of β-amino-alcohol motifs (C(OH)–C–C–N with tert-alkyl or cyclic N) is 1. The number of nitrogens with zero attached hydrogens (tertiary/aromatic N) is 3. The summed E-state index contributed by atoms with van der Waals surface area (Å²) in [6, 6.07) is 0. The van der Waals surface area contributed by atoms with Crippen molar-refractivity contribution >= 4 is 27.7 Å². The molecule has 4 N–H and O–H groups in total. The van der Waals surface area contributed by atoms with Crippen molar-refractivity contribution in [2.45, 2.75) is 18.9 Å². The van der Waals surface area contributed by atoms with E-state index in [9.17, 15) is 5.11 Å². The number of halogens is 1. The van der Waals surface area contributed by atoms with E-state index in [0.29, 0.717) is 12.5 Å². The molecule has 1 aliphatic rings. The number of nitrogens with one attached hydrogen (secondary N) is 1. The number of piperidine rings is 1. The Balaban J connectivity index is 2.24. The van der Waals surface area contributed by atoms with E-state index in [2.05, 4.69) is 31.3 Å². The number of aromatic nitrogens is 2. The number of hydrazine groups is 1. The van der Waals surface area contributed by atoms with Gasteiger partial charge in [0.05, 0.1) is 10.6 Å². The van der Waals surface area contributed by atoms with Gasteiger partial charge in [0.25, 0.3) is 0 Å². The quantitative estimate of drug-likeness (QED) is 0.542. The Kier molecular flexibility index (Phi) is 3.57. The van der Waals surface area contributed by atoms with Gasteiger partial charge in [-0.05, 0) is 28.8 Å². The molecule has 1 atom stereocenters. The van der Waals surface area contributed by atoms with Crippen molar-refractivity contribution in [1.82, 2.24) is 9.97 Å². The molecule has 6 nitrogen and oxygen atoms in total. The highest BCUT2D eigenvalue weighted by Gasteiger charge is 2.21. The van der Waals surface area contributed by atoms with Crippen molar-refractivity contribution in [1.29, 1.82) is 0 Å². The standard InChI is InChI=1S/C9H14BrN5O/c10-7-4-12-9(14-11)13-8(7)15-3-1-2-6(16)5-15/h4,6,16H,1-3,5,11H2,(H,12,13,14). The molecule has 0 saturated carbocycles. The average Bonchev–Trinajstić information content (AvgIpc) is 2.30. The Bertz CT molecular complexity index is 375. The van der Waals surface area contributed by atoms with Crippen molar-refractivity contribution in [3.05, 3.63) is 10.7 Å². The summed E-state index contributed by atoms with van der Waals surface area (Å²) < 4.78 is 0.806. The Morgan fingerprint density at radius 3 is 3.12 bits per heavy atom. The molecule has 1 aromatic heterocycles. The Morgan fingerprint density at radius 1 is 1.62 bits per heavy atom. The number of aliphatic hydroxyl groups is 1. The average molecular weight is 288 g/mol. The van der Waals surface area contributed by atoms with E-state index in [1.54, 1.807) is 6.20 Å². The van der Waals surface area contributed by atoms with Gasteiger partial charge in [-0.25, -0.2) is 10.8 Å². The zero-order valence-corrected chi connectivity index (χ0v) is 10.3. The lowest BCUT2D eigenvalue weighted by Gasteiger charge is -2.31. The molecule has 0 radical (unpaired) electrons. The van der Waals surface area contributed by atoms with Crippen LogP contribution in [0.1, 0.15) is 12.8 Å². The number of nitrogen functional groups attached to an aromatic ring is 1. The van der Waals surface area contributed by atoms with Gasteiger partial charge in [0, 0.05) is 19.3 Å². The summed E-state index contributed by atoms with van der Waals surface area (Å²) in [5.74, 6) is 6.41. The largest absolute Gasteiger partial charge is 0.391 e. The number of nitrogens with two attached hydrogens (primary N) is 1. The molecule has 2 heterocycles. The van der Waals surface area contributed by atoms with Gasteiger partial charge < -0.3 is 10.0 Å². The first-order chi connectivity index (χ1) is 7.70. The zero-order valence-electron chi connectivity index (χ0n) is 8.73. The molecule has 0 amide bonds. The van der Waals surface area contributed by atoms with Crippen LogP contribution in [0.5, 0.6) is 0 Å². The molecule has 0 spiro atoms. The predicted molar refractivity (Wildman–Crippen MR) is 65.0 cm³/mol. The number of hydrogen-bond donors (Lipinski definition) is 3. The first-order valence-electron chi connectivity index (χ1n) is 5.13. The van der Waals surface area contributed by atoms with Gasteiger partial charge in [0.15, 0.2) is 0 Å². The van der Waals surface area contributed by atoms with E-state index >= 15 is 0 Å². The summed E-state index contributed by atoms with van der Waals surface area (Å²) in [6.45, 7) is 1.48. The molecule has 0 aliphatic carbocycles. The number of anilines is 2. The Morgan fingerprint density at radius 2 is 2.44 bits per heavy atom. The van der Waals surface area contributed by atoms with E-state index in [0.717, 1.165) is 29.7 Å². The number of rotatable bonds is 2. The lowest BCUT2D eigenvalue weighted by molar-refractivity contribution is 0.154. The molecule has 1 aliphatic heterocycles. The fourth-order valence-electron chi connectivity index (χ4n) is 1.80. The third-order valence-corrected chi connectivity index (χ3v) is 3.11. The maximum Gasteiger partial charge on any atom is 0.239 e. The van der Waals surface area contributed by atoms with Crippen LogP contribution >= 0.6 is 15.9 Å². The highest BCUT2D eigenvalue weighted by atomic mass is 79.9. The molecule has 0 aromatic carbocycles. The lowest BCUT2D eigenvalue weighted by Crippen LogP contribution is -2.39. The summed E-state index contributed by atoms with van der Waals surface area (Å²) in [5.41, 5.74) is 2.41. The van der Waals surface area contributed by atoms with Gasteiger partial charge in [-0.15, -0.1) is 0 Å². The van der Waals surface area contributed by atoms with Gasteiger partial charge in [0.2, 0.25) is 5.95 Å². The van der Waals surface area contributed by atoms with E-state index < -0.39 is 0 Å². The summed E-state index contributed by atoms with van der Waals surface area (Å²) in [5, 5.41) is 9.62. The van der Waals surface area contributed by atoms with E-state index in [-0.39, 0.29) is 6.10 Å². The third-order valence-electron chi connectivity index (χ3n) is 2.55. The molecule has 1 fully saturated rings.